The van der Waals surface area contributed by atoms with E-state index in [-0.39, 0.29) is 0 Å². The van der Waals surface area contributed by atoms with E-state index in [1.807, 2.05) is 24.3 Å². The van der Waals surface area contributed by atoms with Crippen LogP contribution in [0.25, 0.3) is 55.0 Å². The van der Waals surface area contributed by atoms with Crippen LogP contribution in [0, 0.1) is 0 Å². The van der Waals surface area contributed by atoms with Crippen molar-refractivity contribution in [2.24, 2.45) is 0 Å². The Morgan fingerprint density at radius 2 is 0.600 bits per heavy atom. The highest BCUT2D eigenvalue weighted by molar-refractivity contribution is 6.37. The highest BCUT2D eigenvalue weighted by Gasteiger charge is 2.26. The predicted octanol–water partition coefficient (Wildman–Crippen LogP) is 16.1. The molecule has 0 fully saturated rings. The van der Waals surface area contributed by atoms with E-state index in [0.29, 0.717) is 10.0 Å². The summed E-state index contributed by atoms with van der Waals surface area (Å²) in [5.74, 6) is 0. The average molecular weight is 812 g/mol. The number of aromatic nitrogens is 2. The van der Waals surface area contributed by atoms with E-state index in [9.17, 15) is 0 Å². The molecule has 0 amide bonds. The molecule has 6 heteroatoms. The Bertz CT molecular complexity index is 3040. The van der Waals surface area contributed by atoms with Gasteiger partial charge in [0.25, 0.3) is 0 Å². The molecule has 11 rings (SSSR count). The van der Waals surface area contributed by atoms with Crippen molar-refractivity contribution in [3.63, 3.8) is 0 Å². The topological polar surface area (TPSA) is 16.3 Å². The first-order chi connectivity index (χ1) is 29.7. The zero-order chi connectivity index (χ0) is 40.2. The van der Waals surface area contributed by atoms with Gasteiger partial charge in [0.1, 0.15) is 0 Å². The molecule has 9 aromatic carbocycles. The minimum Gasteiger partial charge on any atom is -0.309 e. The Hall–Kier alpha value is -7.24. The van der Waals surface area contributed by atoms with Gasteiger partial charge in [-0.15, -0.1) is 0 Å². The molecule has 0 radical (unpaired) electrons. The summed E-state index contributed by atoms with van der Waals surface area (Å²) in [6.07, 6.45) is 0. The highest BCUT2D eigenvalue weighted by Crippen LogP contribution is 2.48. The molecular weight excluding hydrogens is 776 g/mol. The first-order valence-corrected chi connectivity index (χ1v) is 20.8. The zero-order valence-electron chi connectivity index (χ0n) is 32.3. The van der Waals surface area contributed by atoms with Gasteiger partial charge in [-0.25, -0.2) is 0 Å². The monoisotopic (exact) mass is 810 g/mol. The molecule has 0 saturated carbocycles. The van der Waals surface area contributed by atoms with Gasteiger partial charge in [0.15, 0.2) is 0 Å². The molecular formula is C54H36Cl2N4. The van der Waals surface area contributed by atoms with Crippen LogP contribution < -0.4 is 9.80 Å². The van der Waals surface area contributed by atoms with Crippen LogP contribution >= 0.6 is 23.2 Å². The minimum atomic E-state index is 0.633. The highest BCUT2D eigenvalue weighted by atomic mass is 35.5. The van der Waals surface area contributed by atoms with Crippen molar-refractivity contribution >= 4 is 101 Å². The number of benzene rings is 9. The Morgan fingerprint density at radius 3 is 0.950 bits per heavy atom. The van der Waals surface area contributed by atoms with Crippen LogP contribution in [0.5, 0.6) is 0 Å². The summed E-state index contributed by atoms with van der Waals surface area (Å²) in [6, 6.07) is 76.0. The summed E-state index contributed by atoms with van der Waals surface area (Å²) >= 11 is 15.6. The van der Waals surface area contributed by atoms with E-state index in [0.717, 1.165) is 89.1 Å². The maximum atomic E-state index is 7.78. The minimum absolute atomic E-state index is 0.633. The molecule has 0 unspecified atom stereocenters. The molecule has 286 valence electrons. The van der Waals surface area contributed by atoms with Gasteiger partial charge in [0, 0.05) is 44.3 Å². The van der Waals surface area contributed by atoms with E-state index >= 15 is 0 Å². The second-order valence-electron chi connectivity index (χ2n) is 14.8. The fourth-order valence-electron chi connectivity index (χ4n) is 8.87. The number of rotatable bonds is 8. The van der Waals surface area contributed by atoms with Crippen LogP contribution in [-0.4, -0.2) is 9.13 Å². The quantitative estimate of drug-likeness (QED) is 0.152. The second-order valence-corrected chi connectivity index (χ2v) is 15.6. The van der Waals surface area contributed by atoms with Crippen LogP contribution in [0.3, 0.4) is 0 Å². The summed E-state index contributed by atoms with van der Waals surface area (Å²) in [6.45, 7) is 0. The third kappa shape index (κ3) is 5.76. The van der Waals surface area contributed by atoms with E-state index in [2.05, 4.69) is 213 Å². The van der Waals surface area contributed by atoms with Crippen molar-refractivity contribution in [2.75, 3.05) is 9.80 Å². The van der Waals surface area contributed by atoms with Gasteiger partial charge in [0.2, 0.25) is 0 Å². The summed E-state index contributed by atoms with van der Waals surface area (Å²) in [4.78, 5) is 4.45. The number of para-hydroxylation sites is 6. The lowest BCUT2D eigenvalue weighted by Crippen LogP contribution is -2.11. The molecule has 2 aromatic heterocycles. The fourth-order valence-corrected chi connectivity index (χ4v) is 9.46. The van der Waals surface area contributed by atoms with Crippen LogP contribution in [0.15, 0.2) is 218 Å². The molecule has 2 heterocycles. The molecule has 0 bridgehead atoms. The molecule has 0 atom stereocenters. The number of hydrogen-bond acceptors (Lipinski definition) is 2. The van der Waals surface area contributed by atoms with Crippen molar-refractivity contribution in [1.82, 2.24) is 9.13 Å². The third-order valence-corrected chi connectivity index (χ3v) is 12.2. The summed E-state index contributed by atoms with van der Waals surface area (Å²) < 4.78 is 4.70. The summed E-state index contributed by atoms with van der Waals surface area (Å²) in [7, 11) is 0. The predicted molar refractivity (Wildman–Crippen MR) is 255 cm³/mol. The standard InChI is InChI=1S/C54H36Cl2N4/c55-51-47(57(37-19-5-1-6-20-37)38-21-7-2-8-22-38)31-17-33-49(51)59-45-29-15-13-27-41(45)43-35-36-44-42-28-14-16-30-46(42)60(54(44)53(43)59)50-34-18-32-48(52(50)56)58(39-23-9-3-10-24-39)40-25-11-4-12-26-40/h1-36H. The van der Waals surface area contributed by atoms with Gasteiger partial charge >= 0.3 is 0 Å². The van der Waals surface area contributed by atoms with E-state index < -0.39 is 0 Å². The lowest BCUT2D eigenvalue weighted by molar-refractivity contribution is 1.14. The van der Waals surface area contributed by atoms with Gasteiger partial charge in [-0.2, -0.15) is 0 Å². The number of halogens is 2. The normalized spacial score (nSPS) is 11.5. The van der Waals surface area contributed by atoms with Gasteiger partial charge in [0.05, 0.1) is 54.9 Å². The maximum Gasteiger partial charge on any atom is 0.0887 e. The maximum absolute atomic E-state index is 7.78. The number of hydrogen-bond donors (Lipinski definition) is 0. The van der Waals surface area contributed by atoms with Gasteiger partial charge < -0.3 is 18.9 Å². The molecule has 60 heavy (non-hydrogen) atoms. The first-order valence-electron chi connectivity index (χ1n) is 20.0. The number of fused-ring (bicyclic) bond motifs is 7. The van der Waals surface area contributed by atoms with Crippen LogP contribution in [0.1, 0.15) is 0 Å². The van der Waals surface area contributed by atoms with E-state index in [1.165, 1.54) is 0 Å². The Kier molecular flexibility index (Phi) is 8.88. The fraction of sp³-hybridized carbons (Fsp3) is 0. The molecule has 0 N–H and O–H groups in total. The Balaban J connectivity index is 1.23. The Labute approximate surface area is 357 Å². The lowest BCUT2D eigenvalue weighted by atomic mass is 10.1. The van der Waals surface area contributed by atoms with Crippen molar-refractivity contribution in [3.8, 4) is 11.4 Å². The summed E-state index contributed by atoms with van der Waals surface area (Å²) in [5.41, 5.74) is 11.8. The smallest absolute Gasteiger partial charge is 0.0887 e. The Morgan fingerprint density at radius 1 is 0.283 bits per heavy atom. The SMILES string of the molecule is Clc1c(N(c2ccccc2)c2ccccc2)cccc1-n1c2ccccc2c2ccc3c4ccccc4n(-c4cccc(N(c5ccccc5)c5ccccc5)c4Cl)c3c21. The molecule has 0 aliphatic carbocycles. The molecule has 0 saturated heterocycles. The zero-order valence-corrected chi connectivity index (χ0v) is 33.8. The van der Waals surface area contributed by atoms with Crippen LogP contribution in [-0.2, 0) is 0 Å². The summed E-state index contributed by atoms with van der Waals surface area (Å²) in [5, 5.41) is 5.77. The largest absolute Gasteiger partial charge is 0.309 e. The molecule has 0 spiro atoms. The molecule has 0 aliphatic rings. The number of anilines is 6. The van der Waals surface area contributed by atoms with Crippen LogP contribution in [0.4, 0.5) is 34.1 Å². The van der Waals surface area contributed by atoms with Crippen molar-refractivity contribution < 1.29 is 0 Å². The van der Waals surface area contributed by atoms with Gasteiger partial charge in [-0.3, -0.25) is 0 Å². The van der Waals surface area contributed by atoms with Crippen molar-refractivity contribution in [3.05, 3.63) is 228 Å². The second kappa shape index (κ2) is 14.9. The van der Waals surface area contributed by atoms with E-state index in [1.54, 1.807) is 0 Å². The van der Waals surface area contributed by atoms with Crippen LogP contribution in [0.2, 0.25) is 10.0 Å². The van der Waals surface area contributed by atoms with Crippen molar-refractivity contribution in [1.29, 1.82) is 0 Å². The first kappa shape index (κ1) is 35.9. The third-order valence-electron chi connectivity index (χ3n) is 11.4. The number of nitrogens with zero attached hydrogens (tertiary/aromatic N) is 4. The molecule has 11 aromatic rings. The van der Waals surface area contributed by atoms with Crippen molar-refractivity contribution in [2.45, 2.75) is 0 Å². The van der Waals surface area contributed by atoms with E-state index in [4.69, 9.17) is 23.2 Å². The van der Waals surface area contributed by atoms with Gasteiger partial charge in [-0.05, 0) is 84.9 Å². The molecule has 4 nitrogen and oxygen atoms in total. The van der Waals surface area contributed by atoms with Gasteiger partial charge in [-0.1, -0.05) is 157 Å². The lowest BCUT2D eigenvalue weighted by Gasteiger charge is -2.27. The molecule has 0 aliphatic heterocycles. The average Bonchev–Trinajstić information content (AvgIpc) is 3.82.